The molecule has 1 aromatic rings. The number of carbonyl (C=O) groups excluding carboxylic acids is 1. The molecule has 2 saturated carbocycles. The monoisotopic (exact) mass is 256 g/mol. The van der Waals surface area contributed by atoms with Gasteiger partial charge in [0.1, 0.15) is 5.71 Å². The van der Waals surface area contributed by atoms with E-state index in [-0.39, 0.29) is 16.6 Å². The van der Waals surface area contributed by atoms with Gasteiger partial charge in [0.2, 0.25) is 0 Å². The first kappa shape index (κ1) is 12.4. The molecule has 1 aromatic carbocycles. The first-order valence-corrected chi connectivity index (χ1v) is 6.90. The maximum absolute atomic E-state index is 12.6. The summed E-state index contributed by atoms with van der Waals surface area (Å²) < 4.78 is 0. The number of Topliss-reactive ketones (excluding diaryl/α,β-unsaturated/α-hetero) is 1. The number of hydrogen-bond donors (Lipinski definition) is 1. The number of nitrogens with one attached hydrogen (secondary N) is 1. The number of carbonyl (C=O) groups is 1. The van der Waals surface area contributed by atoms with Crippen LogP contribution >= 0.6 is 0 Å². The number of fused-ring (bicyclic) bond motifs is 2. The molecule has 2 aliphatic carbocycles. The topological polar surface area (TPSA) is 41.5 Å². The van der Waals surface area contributed by atoms with E-state index in [2.05, 4.69) is 31.3 Å². The lowest BCUT2D eigenvalue weighted by atomic mass is 9.70. The van der Waals surface area contributed by atoms with Crippen molar-refractivity contribution in [1.29, 1.82) is 0 Å². The van der Waals surface area contributed by atoms with Gasteiger partial charge in [-0.1, -0.05) is 39.0 Å². The highest BCUT2D eigenvalue weighted by Gasteiger charge is 2.65. The number of anilines is 1. The highest BCUT2D eigenvalue weighted by atomic mass is 16.1. The van der Waals surface area contributed by atoms with Crippen LogP contribution in [0.4, 0.5) is 5.69 Å². The highest BCUT2D eigenvalue weighted by Crippen LogP contribution is 2.62. The third-order valence-corrected chi connectivity index (χ3v) is 5.37. The van der Waals surface area contributed by atoms with Crippen molar-refractivity contribution in [3.8, 4) is 0 Å². The summed E-state index contributed by atoms with van der Waals surface area (Å²) in [6.07, 6.45) is 2.07. The van der Waals surface area contributed by atoms with Crippen molar-refractivity contribution in [3.05, 3.63) is 30.3 Å². The Labute approximate surface area is 114 Å². The van der Waals surface area contributed by atoms with Crippen molar-refractivity contribution in [2.45, 2.75) is 33.6 Å². The molecule has 3 rings (SSSR count). The van der Waals surface area contributed by atoms with Gasteiger partial charge in [0.15, 0.2) is 5.78 Å². The van der Waals surface area contributed by atoms with Gasteiger partial charge in [0, 0.05) is 11.3 Å². The van der Waals surface area contributed by atoms with Crippen molar-refractivity contribution < 1.29 is 4.79 Å². The summed E-state index contributed by atoms with van der Waals surface area (Å²) in [7, 11) is 0. The van der Waals surface area contributed by atoms with Crippen LogP contribution < -0.4 is 5.43 Å². The van der Waals surface area contributed by atoms with Crippen LogP contribution in [0.1, 0.15) is 33.6 Å². The molecule has 0 aliphatic heterocycles. The van der Waals surface area contributed by atoms with E-state index in [0.29, 0.717) is 5.92 Å². The van der Waals surface area contributed by atoms with Crippen molar-refractivity contribution in [2.24, 2.45) is 21.8 Å². The molecule has 3 heteroatoms. The van der Waals surface area contributed by atoms with Gasteiger partial charge in [-0.2, -0.15) is 5.10 Å². The first-order valence-electron chi connectivity index (χ1n) is 6.90. The second kappa shape index (κ2) is 3.92. The molecule has 0 unspecified atom stereocenters. The lowest BCUT2D eigenvalue weighted by Crippen LogP contribution is -2.33. The Morgan fingerprint density at radius 1 is 1.21 bits per heavy atom. The van der Waals surface area contributed by atoms with E-state index in [4.69, 9.17) is 0 Å². The summed E-state index contributed by atoms with van der Waals surface area (Å²) in [5.74, 6) is 0.526. The molecule has 0 radical (unpaired) electrons. The molecular formula is C16H20N2O. The van der Waals surface area contributed by atoms with E-state index >= 15 is 0 Å². The molecule has 2 bridgehead atoms. The van der Waals surface area contributed by atoms with Crippen molar-refractivity contribution in [3.63, 3.8) is 0 Å². The van der Waals surface area contributed by atoms with Gasteiger partial charge in [0.05, 0.1) is 5.69 Å². The van der Waals surface area contributed by atoms with Gasteiger partial charge in [-0.15, -0.1) is 0 Å². The van der Waals surface area contributed by atoms with E-state index in [1.54, 1.807) is 0 Å². The Balaban J connectivity index is 1.89. The predicted octanol–water partition coefficient (Wildman–Crippen LogP) is 3.48. The third-order valence-electron chi connectivity index (χ3n) is 5.37. The minimum Gasteiger partial charge on any atom is -0.292 e. The fourth-order valence-corrected chi connectivity index (χ4v) is 3.59. The van der Waals surface area contributed by atoms with Crippen LogP contribution in [0.15, 0.2) is 35.4 Å². The van der Waals surface area contributed by atoms with Gasteiger partial charge in [-0.25, -0.2) is 0 Å². The number of para-hydroxylation sites is 1. The zero-order valence-electron chi connectivity index (χ0n) is 11.7. The van der Waals surface area contributed by atoms with Crippen molar-refractivity contribution in [2.75, 3.05) is 5.43 Å². The van der Waals surface area contributed by atoms with Gasteiger partial charge in [0.25, 0.3) is 0 Å². The van der Waals surface area contributed by atoms with E-state index in [9.17, 15) is 4.79 Å². The molecule has 0 saturated heterocycles. The molecule has 19 heavy (non-hydrogen) atoms. The minimum absolute atomic E-state index is 0.0291. The number of hydrazone groups is 1. The van der Waals surface area contributed by atoms with E-state index in [0.717, 1.165) is 24.2 Å². The van der Waals surface area contributed by atoms with Crippen LogP contribution in [-0.4, -0.2) is 11.5 Å². The van der Waals surface area contributed by atoms with Gasteiger partial charge in [-0.05, 0) is 30.4 Å². The molecule has 2 atom stereocenters. The number of nitrogens with zero attached hydrogens (tertiary/aromatic N) is 1. The molecule has 1 N–H and O–H groups in total. The summed E-state index contributed by atoms with van der Waals surface area (Å²) in [6, 6.07) is 9.78. The van der Waals surface area contributed by atoms with Crippen LogP contribution in [0, 0.1) is 16.7 Å². The summed E-state index contributed by atoms with van der Waals surface area (Å²) in [6.45, 7) is 6.50. The Kier molecular flexibility index (Phi) is 2.56. The summed E-state index contributed by atoms with van der Waals surface area (Å²) in [5, 5.41) is 4.42. The average Bonchev–Trinajstić information content (AvgIpc) is 2.70. The Bertz CT molecular complexity index is 547. The quantitative estimate of drug-likeness (QED) is 0.823. The largest absolute Gasteiger partial charge is 0.292 e. The molecule has 0 aromatic heterocycles. The maximum atomic E-state index is 12.6. The van der Waals surface area contributed by atoms with E-state index < -0.39 is 0 Å². The first-order chi connectivity index (χ1) is 8.97. The molecule has 2 fully saturated rings. The normalized spacial score (nSPS) is 33.9. The Hall–Kier alpha value is -1.64. The van der Waals surface area contributed by atoms with Gasteiger partial charge in [-0.3, -0.25) is 10.2 Å². The molecule has 0 spiro atoms. The Morgan fingerprint density at radius 2 is 1.89 bits per heavy atom. The second-order valence-electron chi connectivity index (χ2n) is 6.45. The average molecular weight is 256 g/mol. The SMILES string of the molecule is CC1(C)[C@@H]2CC[C@]1(C)C(=O)/C2=N\Nc1ccccc1. The van der Waals surface area contributed by atoms with Crippen molar-refractivity contribution in [1.82, 2.24) is 0 Å². The molecule has 0 amide bonds. The number of benzene rings is 1. The highest BCUT2D eigenvalue weighted by molar-refractivity contribution is 6.45. The standard InChI is InChI=1S/C16H20N2O/c1-15(2)12-9-10-16(15,3)14(19)13(12)18-17-11-7-5-4-6-8-11/h4-8,12,17H,9-10H2,1-3H3/b18-13-/t12-,16-/m1/s1. The Morgan fingerprint density at radius 3 is 2.47 bits per heavy atom. The van der Waals surface area contributed by atoms with Crippen molar-refractivity contribution >= 4 is 17.2 Å². The molecule has 100 valence electrons. The molecule has 3 nitrogen and oxygen atoms in total. The van der Waals surface area contributed by atoms with Crippen LogP contribution in [0.3, 0.4) is 0 Å². The van der Waals surface area contributed by atoms with Crippen LogP contribution in [0.2, 0.25) is 0 Å². The van der Waals surface area contributed by atoms with Crippen LogP contribution in [-0.2, 0) is 4.79 Å². The maximum Gasteiger partial charge on any atom is 0.185 e. The van der Waals surface area contributed by atoms with E-state index in [1.807, 2.05) is 30.3 Å². The van der Waals surface area contributed by atoms with Gasteiger partial charge < -0.3 is 0 Å². The fourth-order valence-electron chi connectivity index (χ4n) is 3.59. The van der Waals surface area contributed by atoms with Crippen LogP contribution in [0.25, 0.3) is 0 Å². The second-order valence-corrected chi connectivity index (χ2v) is 6.45. The molecular weight excluding hydrogens is 236 g/mol. The summed E-state index contributed by atoms with van der Waals surface area (Å²) in [5.41, 5.74) is 4.49. The summed E-state index contributed by atoms with van der Waals surface area (Å²) >= 11 is 0. The zero-order chi connectivity index (χ0) is 13.7. The third kappa shape index (κ3) is 1.57. The van der Waals surface area contributed by atoms with Gasteiger partial charge >= 0.3 is 0 Å². The zero-order valence-corrected chi connectivity index (χ0v) is 11.7. The molecule has 0 heterocycles. The predicted molar refractivity (Wildman–Crippen MR) is 77.1 cm³/mol. The smallest absolute Gasteiger partial charge is 0.185 e. The fraction of sp³-hybridized carbons (Fsp3) is 0.500. The number of hydrogen-bond acceptors (Lipinski definition) is 3. The number of ketones is 1. The number of rotatable bonds is 2. The summed E-state index contributed by atoms with van der Waals surface area (Å²) in [4.78, 5) is 12.6. The lowest BCUT2D eigenvalue weighted by Gasteiger charge is -2.31. The lowest BCUT2D eigenvalue weighted by molar-refractivity contribution is -0.123. The van der Waals surface area contributed by atoms with E-state index in [1.165, 1.54) is 0 Å². The van der Waals surface area contributed by atoms with Crippen LogP contribution in [0.5, 0.6) is 0 Å². The molecule has 2 aliphatic rings. The minimum atomic E-state index is -0.227.